The van der Waals surface area contributed by atoms with E-state index in [1.165, 1.54) is 10.5 Å². The summed E-state index contributed by atoms with van der Waals surface area (Å²) in [4.78, 5) is 31.9. The van der Waals surface area contributed by atoms with Gasteiger partial charge in [-0.05, 0) is 30.5 Å². The number of hydrogen-bond donors (Lipinski definition) is 0. The number of carbonyl (C=O) groups is 2. The maximum Gasteiger partial charge on any atom is 0.251 e. The summed E-state index contributed by atoms with van der Waals surface area (Å²) >= 11 is 0. The maximum atomic E-state index is 13.1. The molecule has 1 atom stereocenters. The van der Waals surface area contributed by atoms with E-state index >= 15 is 0 Å². The van der Waals surface area contributed by atoms with Crippen LogP contribution >= 0.6 is 0 Å². The molecular formula is C23H27N3O2. The average Bonchev–Trinajstić information content (AvgIpc) is 2.98. The molecule has 2 fully saturated rings. The van der Waals surface area contributed by atoms with Crippen molar-refractivity contribution in [3.05, 3.63) is 65.2 Å². The normalized spacial score (nSPS) is 21.5. The number of hydrogen-bond acceptors (Lipinski definition) is 4. The van der Waals surface area contributed by atoms with Crippen molar-refractivity contribution in [1.82, 2.24) is 9.80 Å². The molecule has 5 heteroatoms. The number of aryl methyl sites for hydroxylation is 2. The van der Waals surface area contributed by atoms with E-state index in [0.29, 0.717) is 0 Å². The van der Waals surface area contributed by atoms with E-state index in [1.807, 2.05) is 38.1 Å². The summed E-state index contributed by atoms with van der Waals surface area (Å²) in [6, 6.07) is 16.0. The van der Waals surface area contributed by atoms with E-state index < -0.39 is 0 Å². The van der Waals surface area contributed by atoms with E-state index in [0.717, 1.165) is 49.5 Å². The molecule has 2 aromatic rings. The summed E-state index contributed by atoms with van der Waals surface area (Å²) < 4.78 is 0. The van der Waals surface area contributed by atoms with Crippen molar-refractivity contribution in [2.24, 2.45) is 0 Å². The van der Waals surface area contributed by atoms with Crippen LogP contribution in [0.3, 0.4) is 0 Å². The molecule has 2 aliphatic heterocycles. The molecule has 0 N–H and O–H groups in total. The number of para-hydroxylation sites is 1. The molecule has 0 radical (unpaired) electrons. The van der Waals surface area contributed by atoms with E-state index in [-0.39, 0.29) is 24.3 Å². The third-order valence-corrected chi connectivity index (χ3v) is 5.88. The molecule has 0 saturated carbocycles. The van der Waals surface area contributed by atoms with Gasteiger partial charge in [0.1, 0.15) is 0 Å². The number of benzene rings is 2. The molecule has 0 bridgehead atoms. The Kier molecular flexibility index (Phi) is 5.29. The average molecular weight is 377 g/mol. The Labute approximate surface area is 166 Å². The van der Waals surface area contributed by atoms with Crippen LogP contribution in [0.5, 0.6) is 0 Å². The lowest BCUT2D eigenvalue weighted by Crippen LogP contribution is -2.52. The summed E-state index contributed by atoms with van der Waals surface area (Å²) in [6.07, 6.45) is 0.283. The smallest absolute Gasteiger partial charge is 0.251 e. The summed E-state index contributed by atoms with van der Waals surface area (Å²) in [7, 11) is 0. The van der Waals surface area contributed by atoms with Crippen molar-refractivity contribution in [3.63, 3.8) is 0 Å². The van der Waals surface area contributed by atoms with Crippen molar-refractivity contribution < 1.29 is 9.59 Å². The molecule has 0 unspecified atom stereocenters. The predicted octanol–water partition coefficient (Wildman–Crippen LogP) is 2.75. The van der Waals surface area contributed by atoms with E-state index in [4.69, 9.17) is 0 Å². The minimum Gasteiger partial charge on any atom is -0.297 e. The van der Waals surface area contributed by atoms with Gasteiger partial charge in [0.05, 0.1) is 18.2 Å². The van der Waals surface area contributed by atoms with Gasteiger partial charge in [-0.1, -0.05) is 48.5 Å². The van der Waals surface area contributed by atoms with Gasteiger partial charge in [-0.2, -0.15) is 0 Å². The Hall–Kier alpha value is -2.50. The molecule has 0 aliphatic carbocycles. The van der Waals surface area contributed by atoms with E-state index in [2.05, 4.69) is 34.1 Å². The Morgan fingerprint density at radius 2 is 1.50 bits per heavy atom. The van der Waals surface area contributed by atoms with Crippen molar-refractivity contribution in [3.8, 4) is 0 Å². The van der Waals surface area contributed by atoms with Crippen LogP contribution in [0.25, 0.3) is 0 Å². The molecular weight excluding hydrogens is 350 g/mol. The number of nitrogens with zero attached hydrogens (tertiary/aromatic N) is 3. The first-order chi connectivity index (χ1) is 13.5. The molecule has 0 spiro atoms. The van der Waals surface area contributed by atoms with Crippen LogP contribution in [0.1, 0.15) is 23.1 Å². The van der Waals surface area contributed by atoms with Gasteiger partial charge in [0, 0.05) is 32.7 Å². The highest BCUT2D eigenvalue weighted by molar-refractivity contribution is 6.23. The quantitative estimate of drug-likeness (QED) is 0.769. The van der Waals surface area contributed by atoms with E-state index in [9.17, 15) is 9.59 Å². The first-order valence-corrected chi connectivity index (χ1v) is 9.98. The zero-order chi connectivity index (χ0) is 19.7. The van der Waals surface area contributed by atoms with Crippen LogP contribution in [0.2, 0.25) is 0 Å². The standard InChI is InChI=1S/C23H27N3O2/c1-17-7-6-8-18(2)22(17)26-21(27)15-20(23(26)28)25-13-11-24(12-14-25)16-19-9-4-3-5-10-19/h3-10,20H,11-16H2,1-2H3/t20-/m0/s1. The van der Waals surface area contributed by atoms with E-state index in [1.54, 1.807) is 0 Å². The number of piperazine rings is 1. The van der Waals surface area contributed by atoms with Crippen LogP contribution in [-0.4, -0.2) is 53.8 Å². The molecule has 2 amide bonds. The molecule has 2 aromatic carbocycles. The van der Waals surface area contributed by atoms with Crippen LogP contribution in [0.15, 0.2) is 48.5 Å². The summed E-state index contributed by atoms with van der Waals surface area (Å²) in [5, 5.41) is 0. The number of anilines is 1. The molecule has 5 nitrogen and oxygen atoms in total. The molecule has 0 aromatic heterocycles. The van der Waals surface area contributed by atoms with Gasteiger partial charge in [-0.3, -0.25) is 19.4 Å². The Morgan fingerprint density at radius 3 is 2.14 bits per heavy atom. The van der Waals surface area contributed by atoms with Gasteiger partial charge in [0.2, 0.25) is 5.91 Å². The lowest BCUT2D eigenvalue weighted by molar-refractivity contribution is -0.123. The van der Waals surface area contributed by atoms with Gasteiger partial charge in [0.25, 0.3) is 5.91 Å². The van der Waals surface area contributed by atoms with Gasteiger partial charge < -0.3 is 0 Å². The second kappa shape index (κ2) is 7.86. The molecule has 28 heavy (non-hydrogen) atoms. The molecule has 4 rings (SSSR count). The topological polar surface area (TPSA) is 43.9 Å². The third kappa shape index (κ3) is 3.60. The van der Waals surface area contributed by atoms with Crippen LogP contribution in [0, 0.1) is 13.8 Å². The van der Waals surface area contributed by atoms with Gasteiger partial charge in [-0.25, -0.2) is 4.90 Å². The number of rotatable bonds is 4. The van der Waals surface area contributed by atoms with Gasteiger partial charge >= 0.3 is 0 Å². The summed E-state index contributed by atoms with van der Waals surface area (Å²) in [6.45, 7) is 8.30. The van der Waals surface area contributed by atoms with Crippen molar-refractivity contribution in [2.45, 2.75) is 32.9 Å². The van der Waals surface area contributed by atoms with Crippen LogP contribution in [0.4, 0.5) is 5.69 Å². The lowest BCUT2D eigenvalue weighted by atomic mass is 10.1. The monoisotopic (exact) mass is 377 g/mol. The molecule has 2 aliphatic rings. The fraction of sp³-hybridized carbons (Fsp3) is 0.391. The summed E-state index contributed by atoms with van der Waals surface area (Å²) in [5.41, 5.74) is 4.01. The first kappa shape index (κ1) is 18.8. The second-order valence-electron chi connectivity index (χ2n) is 7.83. The molecule has 2 heterocycles. The fourth-order valence-corrected chi connectivity index (χ4v) is 4.37. The zero-order valence-electron chi connectivity index (χ0n) is 16.6. The zero-order valence-corrected chi connectivity index (χ0v) is 16.6. The van der Waals surface area contributed by atoms with Crippen LogP contribution in [-0.2, 0) is 16.1 Å². The highest BCUT2D eigenvalue weighted by atomic mass is 16.2. The highest BCUT2D eigenvalue weighted by Gasteiger charge is 2.44. The third-order valence-electron chi connectivity index (χ3n) is 5.88. The van der Waals surface area contributed by atoms with Crippen molar-refractivity contribution >= 4 is 17.5 Å². The Morgan fingerprint density at radius 1 is 0.857 bits per heavy atom. The fourth-order valence-electron chi connectivity index (χ4n) is 4.37. The van der Waals surface area contributed by atoms with Gasteiger partial charge in [0.15, 0.2) is 0 Å². The Balaban J connectivity index is 1.42. The largest absolute Gasteiger partial charge is 0.297 e. The van der Waals surface area contributed by atoms with Crippen LogP contribution < -0.4 is 4.90 Å². The minimum atomic E-state index is -0.328. The summed E-state index contributed by atoms with van der Waals surface area (Å²) in [5.74, 6) is -0.155. The maximum absolute atomic E-state index is 13.1. The Bertz CT molecular complexity index is 852. The minimum absolute atomic E-state index is 0.0705. The van der Waals surface area contributed by atoms with Gasteiger partial charge in [-0.15, -0.1) is 0 Å². The lowest BCUT2D eigenvalue weighted by Gasteiger charge is -2.37. The molecule has 2 saturated heterocycles. The number of amides is 2. The number of carbonyl (C=O) groups excluding carboxylic acids is 2. The van der Waals surface area contributed by atoms with Crippen molar-refractivity contribution in [1.29, 1.82) is 0 Å². The predicted molar refractivity (Wildman–Crippen MR) is 110 cm³/mol. The molecule has 146 valence electrons. The first-order valence-electron chi connectivity index (χ1n) is 9.98. The SMILES string of the molecule is Cc1cccc(C)c1N1C(=O)C[C@H](N2CCN(Cc3ccccc3)CC2)C1=O. The second-order valence-corrected chi connectivity index (χ2v) is 7.83. The number of imide groups is 1. The van der Waals surface area contributed by atoms with Crippen molar-refractivity contribution in [2.75, 3.05) is 31.1 Å². The highest BCUT2D eigenvalue weighted by Crippen LogP contribution is 2.31.